The van der Waals surface area contributed by atoms with E-state index in [1.807, 2.05) is 7.11 Å². The van der Waals surface area contributed by atoms with Crippen LogP contribution in [0.4, 0.5) is 5.69 Å². The van der Waals surface area contributed by atoms with Crippen LogP contribution in [0.25, 0.3) is 0 Å². The quantitative estimate of drug-likeness (QED) is 0.846. The molecule has 1 N–H and O–H groups in total. The fourth-order valence-electron chi connectivity index (χ4n) is 3.20. The lowest BCUT2D eigenvalue weighted by atomic mass is 9.97. The summed E-state index contributed by atoms with van der Waals surface area (Å²) in [6.07, 6.45) is 5.22. The Morgan fingerprint density at radius 3 is 2.95 bits per heavy atom. The average Bonchev–Trinajstić information content (AvgIpc) is 3.30. The molecule has 1 aromatic rings. The molecule has 0 bridgehead atoms. The van der Waals surface area contributed by atoms with Gasteiger partial charge in [0.2, 0.25) is 0 Å². The number of piperidine rings is 1. The second-order valence-electron chi connectivity index (χ2n) is 6.34. The van der Waals surface area contributed by atoms with Gasteiger partial charge in [-0.2, -0.15) is 0 Å². The molecule has 21 heavy (non-hydrogen) atoms. The average molecular weight is 353 g/mol. The monoisotopic (exact) mass is 352 g/mol. The number of nitrogens with one attached hydrogen (secondary N) is 1. The summed E-state index contributed by atoms with van der Waals surface area (Å²) in [6, 6.07) is 7.45. The van der Waals surface area contributed by atoms with Crippen LogP contribution in [-0.2, 0) is 11.3 Å². The standard InChI is InChI=1S/C17H25BrN2O/c1-21-12-13-3-2-8-20(11-13)17-7-4-15(18)9-14(17)10-19-16-5-6-16/h4,7,9,13,16,19H,2-3,5-6,8,10-12H2,1H3. The molecule has 3 rings (SSSR count). The Morgan fingerprint density at radius 2 is 2.19 bits per heavy atom. The van der Waals surface area contributed by atoms with Crippen molar-refractivity contribution in [1.29, 1.82) is 0 Å². The van der Waals surface area contributed by atoms with Gasteiger partial charge in [-0.25, -0.2) is 0 Å². The Labute approximate surface area is 136 Å². The maximum Gasteiger partial charge on any atom is 0.0507 e. The van der Waals surface area contributed by atoms with Crippen molar-refractivity contribution in [3.63, 3.8) is 0 Å². The Kier molecular flexibility index (Phi) is 5.19. The molecular weight excluding hydrogens is 328 g/mol. The van der Waals surface area contributed by atoms with Crippen LogP contribution in [0, 0.1) is 5.92 Å². The van der Waals surface area contributed by atoms with E-state index in [-0.39, 0.29) is 0 Å². The SMILES string of the molecule is COCC1CCCN(c2ccc(Br)cc2CNC2CC2)C1. The van der Waals surface area contributed by atoms with E-state index in [1.165, 1.54) is 41.4 Å². The van der Waals surface area contributed by atoms with E-state index in [9.17, 15) is 0 Å². The molecule has 2 aliphatic rings. The van der Waals surface area contributed by atoms with E-state index in [4.69, 9.17) is 4.74 Å². The third-order valence-corrected chi connectivity index (χ3v) is 4.96. The van der Waals surface area contributed by atoms with Gasteiger partial charge in [-0.1, -0.05) is 15.9 Å². The lowest BCUT2D eigenvalue weighted by Crippen LogP contribution is -2.38. The summed E-state index contributed by atoms with van der Waals surface area (Å²) in [5.74, 6) is 0.664. The molecule has 1 aromatic carbocycles. The van der Waals surface area contributed by atoms with E-state index >= 15 is 0 Å². The highest BCUT2D eigenvalue weighted by atomic mass is 79.9. The zero-order valence-electron chi connectivity index (χ0n) is 12.8. The molecule has 1 atom stereocenters. The van der Waals surface area contributed by atoms with E-state index in [0.717, 1.165) is 32.3 Å². The lowest BCUT2D eigenvalue weighted by molar-refractivity contribution is 0.143. The lowest BCUT2D eigenvalue weighted by Gasteiger charge is -2.35. The fraction of sp³-hybridized carbons (Fsp3) is 0.647. The Balaban J connectivity index is 1.72. The first kappa shape index (κ1) is 15.3. The van der Waals surface area contributed by atoms with Crippen molar-refractivity contribution in [2.45, 2.75) is 38.3 Å². The zero-order chi connectivity index (χ0) is 14.7. The Bertz CT molecular complexity index is 474. The number of anilines is 1. The molecule has 0 aromatic heterocycles. The van der Waals surface area contributed by atoms with Crippen molar-refractivity contribution in [1.82, 2.24) is 5.32 Å². The summed E-state index contributed by atoms with van der Waals surface area (Å²) >= 11 is 3.61. The minimum absolute atomic E-state index is 0.664. The van der Waals surface area contributed by atoms with E-state index in [0.29, 0.717) is 5.92 Å². The van der Waals surface area contributed by atoms with Crippen LogP contribution in [-0.4, -0.2) is 32.8 Å². The van der Waals surface area contributed by atoms with E-state index in [1.54, 1.807) is 0 Å². The molecule has 1 aliphatic heterocycles. The van der Waals surface area contributed by atoms with Gasteiger partial charge in [0.1, 0.15) is 0 Å². The smallest absolute Gasteiger partial charge is 0.0507 e. The number of nitrogens with zero attached hydrogens (tertiary/aromatic N) is 1. The van der Waals surface area contributed by atoms with Crippen LogP contribution < -0.4 is 10.2 Å². The molecule has 1 saturated heterocycles. The summed E-state index contributed by atoms with van der Waals surface area (Å²) < 4.78 is 6.53. The summed E-state index contributed by atoms with van der Waals surface area (Å²) in [7, 11) is 1.81. The van der Waals surface area contributed by atoms with Crippen molar-refractivity contribution in [3.8, 4) is 0 Å². The number of ether oxygens (including phenoxy) is 1. The van der Waals surface area contributed by atoms with E-state index in [2.05, 4.69) is 44.3 Å². The predicted octanol–water partition coefficient (Wildman–Crippen LogP) is 3.56. The van der Waals surface area contributed by atoms with Gasteiger partial charge in [0.05, 0.1) is 6.61 Å². The molecule has 3 nitrogen and oxygen atoms in total. The van der Waals surface area contributed by atoms with Crippen LogP contribution in [0.2, 0.25) is 0 Å². The van der Waals surface area contributed by atoms with Crippen molar-refractivity contribution < 1.29 is 4.74 Å². The Morgan fingerprint density at radius 1 is 1.33 bits per heavy atom. The summed E-state index contributed by atoms with van der Waals surface area (Å²) in [4.78, 5) is 2.55. The third kappa shape index (κ3) is 4.21. The molecule has 1 saturated carbocycles. The van der Waals surface area contributed by atoms with Gasteiger partial charge >= 0.3 is 0 Å². The molecule has 116 valence electrons. The summed E-state index contributed by atoms with van der Waals surface area (Å²) in [5, 5.41) is 3.64. The van der Waals surface area contributed by atoms with Crippen molar-refractivity contribution in [3.05, 3.63) is 28.2 Å². The largest absolute Gasteiger partial charge is 0.384 e. The van der Waals surface area contributed by atoms with Crippen molar-refractivity contribution in [2.24, 2.45) is 5.92 Å². The van der Waals surface area contributed by atoms with E-state index < -0.39 is 0 Å². The first-order valence-electron chi connectivity index (χ1n) is 8.02. The van der Waals surface area contributed by atoms with Gasteiger partial charge in [-0.3, -0.25) is 0 Å². The molecule has 1 heterocycles. The second kappa shape index (κ2) is 7.12. The first-order valence-corrected chi connectivity index (χ1v) is 8.81. The van der Waals surface area contributed by atoms with Gasteiger partial charge in [0.25, 0.3) is 0 Å². The summed E-state index contributed by atoms with van der Waals surface area (Å²) in [6.45, 7) is 4.14. The van der Waals surface area contributed by atoms with Crippen LogP contribution in [0.1, 0.15) is 31.2 Å². The molecule has 0 amide bonds. The van der Waals surface area contributed by atoms with Crippen LogP contribution in [0.15, 0.2) is 22.7 Å². The van der Waals surface area contributed by atoms with Crippen LogP contribution >= 0.6 is 15.9 Å². The first-order chi connectivity index (χ1) is 10.3. The molecule has 1 unspecified atom stereocenters. The highest BCUT2D eigenvalue weighted by Gasteiger charge is 2.24. The van der Waals surface area contributed by atoms with Gasteiger partial charge in [-0.05, 0) is 55.4 Å². The molecule has 0 spiro atoms. The number of hydrogen-bond donors (Lipinski definition) is 1. The summed E-state index contributed by atoms with van der Waals surface area (Å²) in [5.41, 5.74) is 2.81. The Hall–Kier alpha value is -0.580. The molecule has 4 heteroatoms. The molecule has 0 radical (unpaired) electrons. The van der Waals surface area contributed by atoms with Crippen molar-refractivity contribution >= 4 is 21.6 Å². The second-order valence-corrected chi connectivity index (χ2v) is 7.25. The molecule has 1 aliphatic carbocycles. The maximum absolute atomic E-state index is 5.36. The number of benzene rings is 1. The minimum Gasteiger partial charge on any atom is -0.384 e. The zero-order valence-corrected chi connectivity index (χ0v) is 14.4. The molecular formula is C17H25BrN2O. The highest BCUT2D eigenvalue weighted by molar-refractivity contribution is 9.10. The number of methoxy groups -OCH3 is 1. The maximum atomic E-state index is 5.36. The van der Waals surface area contributed by atoms with Gasteiger partial charge in [-0.15, -0.1) is 0 Å². The van der Waals surface area contributed by atoms with Gasteiger partial charge < -0.3 is 15.0 Å². The fourth-order valence-corrected chi connectivity index (χ4v) is 3.61. The normalized spacial score (nSPS) is 22.6. The van der Waals surface area contributed by atoms with Crippen LogP contribution in [0.3, 0.4) is 0 Å². The third-order valence-electron chi connectivity index (χ3n) is 4.46. The van der Waals surface area contributed by atoms with Crippen LogP contribution in [0.5, 0.6) is 0 Å². The van der Waals surface area contributed by atoms with Gasteiger partial charge in [0.15, 0.2) is 0 Å². The topological polar surface area (TPSA) is 24.5 Å². The van der Waals surface area contributed by atoms with Crippen molar-refractivity contribution in [2.75, 3.05) is 31.7 Å². The molecule has 2 fully saturated rings. The predicted molar refractivity (Wildman–Crippen MR) is 90.8 cm³/mol. The highest BCUT2D eigenvalue weighted by Crippen LogP contribution is 2.30. The number of hydrogen-bond acceptors (Lipinski definition) is 3. The number of rotatable bonds is 6. The minimum atomic E-state index is 0.664. The number of halogens is 1. The van der Waals surface area contributed by atoms with Gasteiger partial charge in [0, 0.05) is 42.9 Å².